The summed E-state index contributed by atoms with van der Waals surface area (Å²) < 4.78 is 17.9. The van der Waals surface area contributed by atoms with Crippen molar-refractivity contribution >= 4 is 23.5 Å². The summed E-state index contributed by atoms with van der Waals surface area (Å²) in [5, 5.41) is 0.462. The van der Waals surface area contributed by atoms with Crippen LogP contribution in [0.15, 0.2) is 48.5 Å². The van der Waals surface area contributed by atoms with E-state index < -0.39 is 0 Å². The number of ether oxygens (including phenoxy) is 1. The molecule has 0 aliphatic heterocycles. The number of halogens is 2. The Labute approximate surface area is 121 Å². The zero-order valence-corrected chi connectivity index (χ0v) is 11.5. The van der Waals surface area contributed by atoms with Crippen LogP contribution in [0.2, 0.25) is 5.02 Å². The Kier molecular flexibility index (Phi) is 4.53. The van der Waals surface area contributed by atoms with Crippen molar-refractivity contribution in [2.75, 3.05) is 7.11 Å². The van der Waals surface area contributed by atoms with Crippen LogP contribution in [0, 0.1) is 5.82 Å². The average Bonchev–Trinajstić information content (AvgIpc) is 2.46. The van der Waals surface area contributed by atoms with Crippen LogP contribution in [-0.2, 0) is 0 Å². The maximum atomic E-state index is 12.8. The summed E-state index contributed by atoms with van der Waals surface area (Å²) in [6, 6.07) is 10.7. The van der Waals surface area contributed by atoms with E-state index in [1.807, 2.05) is 0 Å². The smallest absolute Gasteiger partial charge is 0.189 e. The van der Waals surface area contributed by atoms with Gasteiger partial charge in [0.2, 0.25) is 0 Å². The van der Waals surface area contributed by atoms with E-state index in [4.69, 9.17) is 16.3 Å². The molecule has 0 saturated carbocycles. The van der Waals surface area contributed by atoms with E-state index in [-0.39, 0.29) is 11.6 Å². The zero-order valence-electron chi connectivity index (χ0n) is 10.8. The maximum Gasteiger partial charge on any atom is 0.189 e. The Morgan fingerprint density at radius 2 is 1.90 bits per heavy atom. The molecular weight excluding hydrogens is 279 g/mol. The molecule has 2 rings (SSSR count). The quantitative estimate of drug-likeness (QED) is 0.617. The minimum atomic E-state index is -0.315. The van der Waals surface area contributed by atoms with E-state index in [0.717, 1.165) is 5.56 Å². The highest BCUT2D eigenvalue weighted by Crippen LogP contribution is 2.23. The standard InChI is InChI=1S/C16H12ClFO2/c1-20-16-9-5-12(17)10-14(16)15(19)8-4-11-2-6-13(18)7-3-11/h2-10H,1H3. The molecular formula is C16H12ClFO2. The third-order valence-corrected chi connectivity index (χ3v) is 2.96. The van der Waals surface area contributed by atoms with Crippen molar-refractivity contribution in [3.05, 3.63) is 70.5 Å². The van der Waals surface area contributed by atoms with Gasteiger partial charge in [-0.2, -0.15) is 0 Å². The number of methoxy groups -OCH3 is 1. The lowest BCUT2D eigenvalue weighted by Gasteiger charge is -2.05. The van der Waals surface area contributed by atoms with Crippen molar-refractivity contribution in [1.82, 2.24) is 0 Å². The normalized spacial score (nSPS) is 10.8. The Balaban J connectivity index is 2.23. The van der Waals surface area contributed by atoms with Gasteiger partial charge in [0.1, 0.15) is 11.6 Å². The molecule has 0 aromatic heterocycles. The number of carbonyl (C=O) groups is 1. The van der Waals surface area contributed by atoms with Crippen molar-refractivity contribution in [3.63, 3.8) is 0 Å². The molecule has 2 nitrogen and oxygen atoms in total. The molecule has 2 aromatic rings. The lowest BCUT2D eigenvalue weighted by atomic mass is 10.1. The Morgan fingerprint density at radius 3 is 2.55 bits per heavy atom. The van der Waals surface area contributed by atoms with Gasteiger partial charge in [-0.25, -0.2) is 4.39 Å². The summed E-state index contributed by atoms with van der Waals surface area (Å²) in [5.41, 5.74) is 1.12. The van der Waals surface area contributed by atoms with Crippen LogP contribution in [0.25, 0.3) is 6.08 Å². The van der Waals surface area contributed by atoms with Crippen LogP contribution in [-0.4, -0.2) is 12.9 Å². The largest absolute Gasteiger partial charge is 0.496 e. The molecule has 0 spiro atoms. The van der Waals surface area contributed by atoms with Crippen molar-refractivity contribution in [1.29, 1.82) is 0 Å². The van der Waals surface area contributed by atoms with Gasteiger partial charge >= 0.3 is 0 Å². The predicted octanol–water partition coefficient (Wildman–Crippen LogP) is 4.38. The van der Waals surface area contributed by atoms with Crippen LogP contribution in [0.5, 0.6) is 5.75 Å². The van der Waals surface area contributed by atoms with Crippen LogP contribution in [0.4, 0.5) is 4.39 Å². The fraction of sp³-hybridized carbons (Fsp3) is 0.0625. The second-order valence-electron chi connectivity index (χ2n) is 4.09. The van der Waals surface area contributed by atoms with Crippen LogP contribution in [0.1, 0.15) is 15.9 Å². The summed E-state index contributed by atoms with van der Waals surface area (Å²) in [6.07, 6.45) is 3.02. The molecule has 0 fully saturated rings. The highest BCUT2D eigenvalue weighted by Gasteiger charge is 2.10. The van der Waals surface area contributed by atoms with Gasteiger partial charge in [-0.3, -0.25) is 4.79 Å². The van der Waals surface area contributed by atoms with Gasteiger partial charge in [0.25, 0.3) is 0 Å². The first-order valence-electron chi connectivity index (χ1n) is 5.91. The molecule has 0 radical (unpaired) electrons. The van der Waals surface area contributed by atoms with Crippen molar-refractivity contribution in [2.24, 2.45) is 0 Å². The topological polar surface area (TPSA) is 26.3 Å². The van der Waals surface area contributed by atoms with Crippen molar-refractivity contribution in [2.45, 2.75) is 0 Å². The third-order valence-electron chi connectivity index (χ3n) is 2.72. The van der Waals surface area contributed by atoms with Crippen molar-refractivity contribution < 1.29 is 13.9 Å². The van der Waals surface area contributed by atoms with Crippen molar-refractivity contribution in [3.8, 4) is 5.75 Å². The number of hydrogen-bond donors (Lipinski definition) is 0. The fourth-order valence-electron chi connectivity index (χ4n) is 1.71. The number of ketones is 1. The van der Waals surface area contributed by atoms with Crippen LogP contribution in [0.3, 0.4) is 0 Å². The first kappa shape index (κ1) is 14.3. The average molecular weight is 291 g/mol. The van der Waals surface area contributed by atoms with E-state index in [1.54, 1.807) is 36.4 Å². The summed E-state index contributed by atoms with van der Waals surface area (Å²) in [5.74, 6) is -0.0816. The summed E-state index contributed by atoms with van der Waals surface area (Å²) in [4.78, 5) is 12.1. The Bertz CT molecular complexity index is 648. The molecule has 0 unspecified atom stereocenters. The second kappa shape index (κ2) is 6.35. The highest BCUT2D eigenvalue weighted by atomic mass is 35.5. The number of hydrogen-bond acceptors (Lipinski definition) is 2. The van der Waals surface area contributed by atoms with Gasteiger partial charge in [0.15, 0.2) is 5.78 Å². The molecule has 20 heavy (non-hydrogen) atoms. The second-order valence-corrected chi connectivity index (χ2v) is 4.53. The van der Waals surface area contributed by atoms with Crippen LogP contribution >= 0.6 is 11.6 Å². The molecule has 2 aromatic carbocycles. The highest BCUT2D eigenvalue weighted by molar-refractivity contribution is 6.31. The Hall–Kier alpha value is -2.13. The lowest BCUT2D eigenvalue weighted by Crippen LogP contribution is -1.98. The van der Waals surface area contributed by atoms with Gasteiger partial charge in [0, 0.05) is 5.02 Å². The number of rotatable bonds is 4. The van der Waals surface area contributed by atoms with E-state index in [2.05, 4.69) is 0 Å². The molecule has 0 saturated heterocycles. The molecule has 0 bridgehead atoms. The van der Waals surface area contributed by atoms with Gasteiger partial charge < -0.3 is 4.74 Å². The summed E-state index contributed by atoms with van der Waals surface area (Å²) >= 11 is 5.88. The molecule has 0 aliphatic rings. The summed E-state index contributed by atoms with van der Waals surface area (Å²) in [6.45, 7) is 0. The number of allylic oxidation sites excluding steroid dienone is 1. The zero-order chi connectivity index (χ0) is 14.5. The van der Waals surface area contributed by atoms with Gasteiger partial charge in [-0.05, 0) is 42.0 Å². The first-order valence-corrected chi connectivity index (χ1v) is 6.29. The van der Waals surface area contributed by atoms with E-state index in [1.165, 1.54) is 25.3 Å². The Morgan fingerprint density at radius 1 is 1.20 bits per heavy atom. The predicted molar refractivity (Wildman–Crippen MR) is 77.8 cm³/mol. The van der Waals surface area contributed by atoms with E-state index >= 15 is 0 Å². The number of carbonyl (C=O) groups excluding carboxylic acids is 1. The first-order chi connectivity index (χ1) is 9.60. The minimum absolute atomic E-state index is 0.228. The van der Waals surface area contributed by atoms with Gasteiger partial charge in [-0.15, -0.1) is 0 Å². The molecule has 0 amide bonds. The van der Waals surface area contributed by atoms with Crippen LogP contribution < -0.4 is 4.74 Å². The SMILES string of the molecule is COc1ccc(Cl)cc1C(=O)C=Cc1ccc(F)cc1. The minimum Gasteiger partial charge on any atom is -0.496 e. The maximum absolute atomic E-state index is 12.8. The third kappa shape index (κ3) is 3.45. The molecule has 102 valence electrons. The molecule has 4 heteroatoms. The number of benzene rings is 2. The summed E-state index contributed by atoms with van der Waals surface area (Å²) in [7, 11) is 1.49. The fourth-order valence-corrected chi connectivity index (χ4v) is 1.88. The van der Waals surface area contributed by atoms with E-state index in [9.17, 15) is 9.18 Å². The van der Waals surface area contributed by atoms with Gasteiger partial charge in [-0.1, -0.05) is 29.8 Å². The molecule has 0 atom stereocenters. The monoisotopic (exact) mass is 290 g/mol. The lowest BCUT2D eigenvalue weighted by molar-refractivity contribution is 0.104. The molecule has 0 N–H and O–H groups in total. The molecule has 0 heterocycles. The van der Waals surface area contributed by atoms with Gasteiger partial charge in [0.05, 0.1) is 12.7 Å². The van der Waals surface area contributed by atoms with E-state index in [0.29, 0.717) is 16.3 Å². The molecule has 0 aliphatic carbocycles.